The maximum Gasteiger partial charge on any atom is 0.253 e. The fourth-order valence-corrected chi connectivity index (χ4v) is 3.64. The summed E-state index contributed by atoms with van der Waals surface area (Å²) in [6.07, 6.45) is 1.12. The molecule has 0 aliphatic heterocycles. The van der Waals surface area contributed by atoms with Gasteiger partial charge in [-0.3, -0.25) is 13.9 Å². The summed E-state index contributed by atoms with van der Waals surface area (Å²) in [4.78, 5) is 25.4. The number of nitrogens with zero attached hydrogens (tertiary/aromatic N) is 2. The Morgan fingerprint density at radius 2 is 1.63 bits per heavy atom. The number of hydrogen-bond acceptors (Lipinski definition) is 4. The van der Waals surface area contributed by atoms with Crippen LogP contribution < -0.4 is 9.62 Å². The Kier molecular flexibility index (Phi) is 7.49. The molecule has 0 spiro atoms. The highest BCUT2D eigenvalue weighted by Gasteiger charge is 2.19. The minimum atomic E-state index is -3.75. The first-order valence-corrected chi connectivity index (χ1v) is 10.9. The lowest BCUT2D eigenvalue weighted by Crippen LogP contribution is -2.31. The quantitative estimate of drug-likeness (QED) is 0.685. The number of nitrogens with one attached hydrogen (secondary N) is 1. The topological polar surface area (TPSA) is 86.8 Å². The van der Waals surface area contributed by atoms with Crippen LogP contribution in [-0.4, -0.2) is 52.0 Å². The number of carbonyl (C=O) groups excluding carboxylic acids is 2. The van der Waals surface area contributed by atoms with Crippen LogP contribution in [0.25, 0.3) is 0 Å². The summed E-state index contributed by atoms with van der Waals surface area (Å²) in [5.41, 5.74) is 0.960. The van der Waals surface area contributed by atoms with Crippen molar-refractivity contribution in [3.05, 3.63) is 59.7 Å². The molecule has 0 aliphatic carbocycles. The van der Waals surface area contributed by atoms with Crippen molar-refractivity contribution < 1.29 is 26.8 Å². The molecule has 0 saturated carbocycles. The van der Waals surface area contributed by atoms with Crippen molar-refractivity contribution in [1.82, 2.24) is 4.90 Å². The minimum absolute atomic E-state index is 0.00801. The normalized spacial score (nSPS) is 11.1. The molecule has 2 amide bonds. The first kappa shape index (κ1) is 23.3. The largest absolute Gasteiger partial charge is 0.345 e. The number of sulfonamides is 1. The Morgan fingerprint density at radius 1 is 1.00 bits per heavy atom. The van der Waals surface area contributed by atoms with Crippen LogP contribution >= 0.6 is 0 Å². The molecule has 7 nitrogen and oxygen atoms in total. The summed E-state index contributed by atoms with van der Waals surface area (Å²) in [6, 6.07) is 9.18. The van der Waals surface area contributed by atoms with Crippen LogP contribution in [0.3, 0.4) is 0 Å². The Labute approximate surface area is 174 Å². The molecule has 0 aromatic heterocycles. The molecule has 0 unspecified atom stereocenters. The van der Waals surface area contributed by atoms with E-state index in [0.717, 1.165) is 28.8 Å². The number of benzene rings is 2. The average molecular weight is 439 g/mol. The van der Waals surface area contributed by atoms with E-state index in [4.69, 9.17) is 0 Å². The monoisotopic (exact) mass is 439 g/mol. The van der Waals surface area contributed by atoms with Crippen LogP contribution in [0.15, 0.2) is 42.5 Å². The predicted octanol–water partition coefficient (Wildman–Crippen LogP) is 2.85. The van der Waals surface area contributed by atoms with Gasteiger partial charge in [-0.15, -0.1) is 0 Å². The van der Waals surface area contributed by atoms with Crippen LogP contribution in [0.4, 0.5) is 20.2 Å². The van der Waals surface area contributed by atoms with Gasteiger partial charge in [0.15, 0.2) is 11.6 Å². The molecule has 0 aliphatic rings. The van der Waals surface area contributed by atoms with Gasteiger partial charge in [0.25, 0.3) is 5.91 Å². The van der Waals surface area contributed by atoms with E-state index in [2.05, 4.69) is 5.32 Å². The molecule has 0 atom stereocenters. The first-order valence-electron chi connectivity index (χ1n) is 9.03. The predicted molar refractivity (Wildman–Crippen MR) is 111 cm³/mol. The number of rotatable bonds is 8. The van der Waals surface area contributed by atoms with E-state index >= 15 is 0 Å². The van der Waals surface area contributed by atoms with E-state index in [-0.39, 0.29) is 36.9 Å². The van der Waals surface area contributed by atoms with Crippen molar-refractivity contribution in [3.63, 3.8) is 0 Å². The summed E-state index contributed by atoms with van der Waals surface area (Å²) in [5.74, 6) is -2.74. The first-order chi connectivity index (χ1) is 14.0. The van der Waals surface area contributed by atoms with Crippen molar-refractivity contribution in [2.24, 2.45) is 0 Å². The zero-order chi connectivity index (χ0) is 22.5. The third-order valence-corrected chi connectivity index (χ3v) is 5.37. The van der Waals surface area contributed by atoms with Crippen LogP contribution in [0.2, 0.25) is 0 Å². The van der Waals surface area contributed by atoms with E-state index in [1.54, 1.807) is 38.4 Å². The van der Waals surface area contributed by atoms with E-state index in [1.807, 2.05) is 0 Å². The van der Waals surface area contributed by atoms with E-state index < -0.39 is 21.7 Å². The molecule has 2 aromatic rings. The molecule has 162 valence electrons. The summed E-state index contributed by atoms with van der Waals surface area (Å²) in [5, 5.41) is 2.66. The SMILES string of the molecule is CN(C)C(=O)c1ccc(NC(=O)CCCN(c2ccc(F)c(F)c2)S(C)(=O)=O)cc1. The molecule has 2 rings (SSSR count). The zero-order valence-electron chi connectivity index (χ0n) is 16.9. The molecule has 0 heterocycles. The van der Waals surface area contributed by atoms with Crippen LogP contribution in [-0.2, 0) is 14.8 Å². The second kappa shape index (κ2) is 9.66. The maximum atomic E-state index is 13.5. The lowest BCUT2D eigenvalue weighted by atomic mass is 10.2. The van der Waals surface area contributed by atoms with Crippen LogP contribution in [0.5, 0.6) is 0 Å². The van der Waals surface area contributed by atoms with Crippen molar-refractivity contribution in [3.8, 4) is 0 Å². The summed E-state index contributed by atoms with van der Waals surface area (Å²) in [6.45, 7) is -0.0758. The number of amides is 2. The van der Waals surface area contributed by atoms with Crippen molar-refractivity contribution in [2.75, 3.05) is 36.5 Å². The molecule has 1 N–H and O–H groups in total. The van der Waals surface area contributed by atoms with Gasteiger partial charge in [0.1, 0.15) is 0 Å². The lowest BCUT2D eigenvalue weighted by molar-refractivity contribution is -0.116. The van der Waals surface area contributed by atoms with E-state index in [0.29, 0.717) is 11.3 Å². The third kappa shape index (κ3) is 6.24. The van der Waals surface area contributed by atoms with Gasteiger partial charge in [0, 0.05) is 44.4 Å². The second-order valence-electron chi connectivity index (χ2n) is 6.86. The number of carbonyl (C=O) groups is 2. The van der Waals surface area contributed by atoms with Crippen molar-refractivity contribution >= 4 is 33.2 Å². The van der Waals surface area contributed by atoms with E-state index in [9.17, 15) is 26.8 Å². The van der Waals surface area contributed by atoms with Gasteiger partial charge in [0.05, 0.1) is 11.9 Å². The molecular formula is C20H23F2N3O4S. The molecule has 0 fully saturated rings. The van der Waals surface area contributed by atoms with Crippen molar-refractivity contribution in [1.29, 1.82) is 0 Å². The highest BCUT2D eigenvalue weighted by Crippen LogP contribution is 2.21. The molecular weight excluding hydrogens is 416 g/mol. The summed E-state index contributed by atoms with van der Waals surface area (Å²) >= 11 is 0. The highest BCUT2D eigenvalue weighted by atomic mass is 32.2. The van der Waals surface area contributed by atoms with Crippen molar-refractivity contribution in [2.45, 2.75) is 12.8 Å². The summed E-state index contributed by atoms with van der Waals surface area (Å²) < 4.78 is 51.5. The Morgan fingerprint density at radius 3 is 2.17 bits per heavy atom. The standard InChI is InChI=1S/C20H23F2N3O4S/c1-24(2)20(27)14-6-8-15(9-7-14)23-19(26)5-4-12-25(30(3,28)29)16-10-11-17(21)18(22)13-16/h6-11,13H,4-5,12H2,1-3H3,(H,23,26). The lowest BCUT2D eigenvalue weighted by Gasteiger charge is -2.22. The number of anilines is 2. The fourth-order valence-electron chi connectivity index (χ4n) is 2.69. The van der Waals surface area contributed by atoms with Gasteiger partial charge in [-0.05, 0) is 42.8 Å². The highest BCUT2D eigenvalue weighted by molar-refractivity contribution is 7.92. The number of halogens is 2. The third-order valence-electron chi connectivity index (χ3n) is 4.18. The Bertz CT molecular complexity index is 1020. The second-order valence-corrected chi connectivity index (χ2v) is 8.77. The van der Waals surface area contributed by atoms with Gasteiger partial charge in [0.2, 0.25) is 15.9 Å². The van der Waals surface area contributed by atoms with Gasteiger partial charge in [-0.25, -0.2) is 17.2 Å². The maximum absolute atomic E-state index is 13.5. The molecule has 0 saturated heterocycles. The fraction of sp³-hybridized carbons (Fsp3) is 0.300. The molecule has 0 radical (unpaired) electrons. The smallest absolute Gasteiger partial charge is 0.253 e. The van der Waals surface area contributed by atoms with Gasteiger partial charge in [-0.1, -0.05) is 0 Å². The molecule has 30 heavy (non-hydrogen) atoms. The molecule has 0 bridgehead atoms. The summed E-state index contributed by atoms with van der Waals surface area (Å²) in [7, 11) is -0.474. The average Bonchev–Trinajstić information content (AvgIpc) is 2.66. The Balaban J connectivity index is 1.96. The van der Waals surface area contributed by atoms with Gasteiger partial charge >= 0.3 is 0 Å². The molecule has 10 heteroatoms. The van der Waals surface area contributed by atoms with Crippen LogP contribution in [0, 0.1) is 11.6 Å². The zero-order valence-corrected chi connectivity index (χ0v) is 17.7. The van der Waals surface area contributed by atoms with Gasteiger partial charge in [-0.2, -0.15) is 0 Å². The minimum Gasteiger partial charge on any atom is -0.345 e. The van der Waals surface area contributed by atoms with Crippen LogP contribution in [0.1, 0.15) is 23.2 Å². The number of hydrogen-bond donors (Lipinski definition) is 1. The molecule has 2 aromatic carbocycles. The van der Waals surface area contributed by atoms with E-state index in [1.165, 1.54) is 4.90 Å². The Hall–Kier alpha value is -3.01. The van der Waals surface area contributed by atoms with Gasteiger partial charge < -0.3 is 10.2 Å².